The van der Waals surface area contributed by atoms with Gasteiger partial charge in [-0.2, -0.15) is 0 Å². The van der Waals surface area contributed by atoms with Crippen LogP contribution in [0.2, 0.25) is 0 Å². The van der Waals surface area contributed by atoms with E-state index in [9.17, 15) is 0 Å². The Kier molecular flexibility index (Phi) is 7.20. The van der Waals surface area contributed by atoms with Gasteiger partial charge in [-0.05, 0) is 38.6 Å². The van der Waals surface area contributed by atoms with Crippen molar-refractivity contribution in [3.63, 3.8) is 0 Å². The van der Waals surface area contributed by atoms with Crippen LogP contribution in [0, 0.1) is 5.92 Å². The van der Waals surface area contributed by atoms with Crippen molar-refractivity contribution < 1.29 is 4.74 Å². The van der Waals surface area contributed by atoms with Gasteiger partial charge in [0, 0.05) is 31.8 Å². The van der Waals surface area contributed by atoms with Gasteiger partial charge in [-0.15, -0.1) is 0 Å². The molecule has 0 bridgehead atoms. The molecule has 108 valence electrons. The van der Waals surface area contributed by atoms with Crippen molar-refractivity contribution >= 4 is 0 Å². The molecule has 0 amide bonds. The maximum atomic E-state index is 5.43. The first-order chi connectivity index (χ1) is 8.60. The molecule has 1 N–H and O–H groups in total. The highest BCUT2D eigenvalue weighted by Crippen LogP contribution is 2.28. The summed E-state index contributed by atoms with van der Waals surface area (Å²) in [5.74, 6) is 0.714. The normalized spacial score (nSPS) is 27.0. The number of likely N-dealkylation sites (tertiary alicyclic amines) is 1. The molecule has 0 spiro atoms. The van der Waals surface area contributed by atoms with Gasteiger partial charge in [-0.3, -0.25) is 4.90 Å². The molecule has 1 rings (SSSR count). The molecule has 3 heteroatoms. The number of rotatable bonds is 8. The summed E-state index contributed by atoms with van der Waals surface area (Å²) in [6.07, 6.45) is 3.94. The second-order valence-corrected chi connectivity index (χ2v) is 6.10. The number of hydrogen-bond donors (Lipinski definition) is 1. The van der Waals surface area contributed by atoms with Gasteiger partial charge in [-0.1, -0.05) is 20.8 Å². The minimum absolute atomic E-state index is 0.524. The quantitative estimate of drug-likeness (QED) is 0.722. The summed E-state index contributed by atoms with van der Waals surface area (Å²) < 4.78 is 5.43. The fourth-order valence-corrected chi connectivity index (χ4v) is 3.15. The Labute approximate surface area is 113 Å². The van der Waals surface area contributed by atoms with Crippen LogP contribution >= 0.6 is 0 Å². The molecule has 0 aromatic rings. The van der Waals surface area contributed by atoms with E-state index in [-0.39, 0.29) is 0 Å². The third kappa shape index (κ3) is 4.52. The first-order valence-corrected chi connectivity index (χ1v) is 7.57. The summed E-state index contributed by atoms with van der Waals surface area (Å²) in [5, 5.41) is 3.59. The minimum Gasteiger partial charge on any atom is -0.383 e. The number of ether oxygens (including phenoxy) is 1. The Balaban J connectivity index is 2.53. The fraction of sp³-hybridized carbons (Fsp3) is 1.00. The predicted molar refractivity (Wildman–Crippen MR) is 78.0 cm³/mol. The summed E-state index contributed by atoms with van der Waals surface area (Å²) in [4.78, 5) is 2.69. The molecule has 1 saturated heterocycles. The lowest BCUT2D eigenvalue weighted by atomic mass is 10.1. The topological polar surface area (TPSA) is 24.5 Å². The Morgan fingerprint density at radius 3 is 2.56 bits per heavy atom. The van der Waals surface area contributed by atoms with E-state index in [0.717, 1.165) is 25.7 Å². The van der Waals surface area contributed by atoms with Gasteiger partial charge in [0.1, 0.15) is 0 Å². The van der Waals surface area contributed by atoms with Crippen molar-refractivity contribution in [2.45, 2.75) is 65.1 Å². The van der Waals surface area contributed by atoms with Crippen molar-refractivity contribution in [1.82, 2.24) is 10.2 Å². The average Bonchev–Trinajstić information content (AvgIpc) is 2.69. The molecule has 1 heterocycles. The van der Waals surface area contributed by atoms with E-state index in [0.29, 0.717) is 18.0 Å². The lowest BCUT2D eigenvalue weighted by Gasteiger charge is -2.36. The lowest BCUT2D eigenvalue weighted by molar-refractivity contribution is 0.0586. The van der Waals surface area contributed by atoms with Crippen LogP contribution in [0.4, 0.5) is 0 Å². The monoisotopic (exact) mass is 256 g/mol. The van der Waals surface area contributed by atoms with Crippen LogP contribution in [0.1, 0.15) is 47.0 Å². The Hall–Kier alpha value is -0.120. The molecule has 1 fully saturated rings. The zero-order valence-electron chi connectivity index (χ0n) is 12.9. The molecular weight excluding hydrogens is 224 g/mol. The van der Waals surface area contributed by atoms with Gasteiger partial charge < -0.3 is 10.1 Å². The second-order valence-electron chi connectivity index (χ2n) is 6.10. The molecule has 3 nitrogen and oxygen atoms in total. The molecular formula is C15H32N2O. The van der Waals surface area contributed by atoms with Gasteiger partial charge in [0.2, 0.25) is 0 Å². The van der Waals surface area contributed by atoms with E-state index in [1.807, 2.05) is 7.11 Å². The standard InChI is InChI=1S/C15H32N2O/c1-6-14-8-7-13(4)17(14)15(11-18-5)10-16-9-12(2)3/h12-16H,6-11H2,1-5H3. The summed E-state index contributed by atoms with van der Waals surface area (Å²) in [6.45, 7) is 12.2. The van der Waals surface area contributed by atoms with Gasteiger partial charge in [0.15, 0.2) is 0 Å². The molecule has 0 radical (unpaired) electrons. The largest absolute Gasteiger partial charge is 0.383 e. The van der Waals surface area contributed by atoms with Crippen molar-refractivity contribution in [3.05, 3.63) is 0 Å². The third-order valence-electron chi connectivity index (χ3n) is 4.03. The maximum absolute atomic E-state index is 5.43. The van der Waals surface area contributed by atoms with Crippen LogP contribution < -0.4 is 5.32 Å². The molecule has 0 aromatic carbocycles. The van der Waals surface area contributed by atoms with E-state index in [2.05, 4.69) is 37.9 Å². The molecule has 0 aliphatic carbocycles. The molecule has 0 aromatic heterocycles. The summed E-state index contributed by atoms with van der Waals surface area (Å²) in [7, 11) is 1.82. The molecule has 1 aliphatic rings. The molecule has 1 aliphatic heterocycles. The smallest absolute Gasteiger partial charge is 0.0630 e. The highest BCUT2D eigenvalue weighted by Gasteiger charge is 2.34. The highest BCUT2D eigenvalue weighted by molar-refractivity contribution is 4.90. The van der Waals surface area contributed by atoms with Crippen LogP contribution in [-0.4, -0.2) is 49.8 Å². The van der Waals surface area contributed by atoms with E-state index in [4.69, 9.17) is 4.74 Å². The molecule has 0 saturated carbocycles. The average molecular weight is 256 g/mol. The summed E-state index contributed by atoms with van der Waals surface area (Å²) in [6, 6.07) is 1.98. The molecule has 18 heavy (non-hydrogen) atoms. The van der Waals surface area contributed by atoms with E-state index >= 15 is 0 Å². The number of nitrogens with one attached hydrogen (secondary N) is 1. The summed E-state index contributed by atoms with van der Waals surface area (Å²) in [5.41, 5.74) is 0. The number of nitrogens with zero attached hydrogens (tertiary/aromatic N) is 1. The van der Waals surface area contributed by atoms with Crippen LogP contribution in [0.25, 0.3) is 0 Å². The molecule has 3 atom stereocenters. The fourth-order valence-electron chi connectivity index (χ4n) is 3.15. The zero-order valence-corrected chi connectivity index (χ0v) is 12.9. The van der Waals surface area contributed by atoms with Crippen molar-refractivity contribution in [2.75, 3.05) is 26.8 Å². The van der Waals surface area contributed by atoms with E-state index in [1.54, 1.807) is 0 Å². The lowest BCUT2D eigenvalue weighted by Crippen LogP contribution is -2.50. The minimum atomic E-state index is 0.524. The zero-order chi connectivity index (χ0) is 13.5. The maximum Gasteiger partial charge on any atom is 0.0630 e. The SMILES string of the molecule is CCC1CCC(C)N1C(CNCC(C)C)COC. The van der Waals surface area contributed by atoms with Crippen LogP contribution in [-0.2, 0) is 4.74 Å². The highest BCUT2D eigenvalue weighted by atomic mass is 16.5. The first-order valence-electron chi connectivity index (χ1n) is 7.57. The van der Waals surface area contributed by atoms with Crippen molar-refractivity contribution in [1.29, 1.82) is 0 Å². The van der Waals surface area contributed by atoms with Crippen LogP contribution in [0.3, 0.4) is 0 Å². The van der Waals surface area contributed by atoms with Gasteiger partial charge in [-0.25, -0.2) is 0 Å². The van der Waals surface area contributed by atoms with Crippen LogP contribution in [0.15, 0.2) is 0 Å². The predicted octanol–water partition coefficient (Wildman–Crippen LogP) is 2.51. The third-order valence-corrected chi connectivity index (χ3v) is 4.03. The molecule has 3 unspecified atom stereocenters. The van der Waals surface area contributed by atoms with Gasteiger partial charge in [0.25, 0.3) is 0 Å². The van der Waals surface area contributed by atoms with Gasteiger partial charge in [0.05, 0.1) is 6.61 Å². The number of methoxy groups -OCH3 is 1. The van der Waals surface area contributed by atoms with Crippen LogP contribution in [0.5, 0.6) is 0 Å². The van der Waals surface area contributed by atoms with E-state index < -0.39 is 0 Å². The first kappa shape index (κ1) is 15.9. The summed E-state index contributed by atoms with van der Waals surface area (Å²) >= 11 is 0. The Bertz CT molecular complexity index is 221. The Morgan fingerprint density at radius 1 is 1.28 bits per heavy atom. The Morgan fingerprint density at radius 2 is 2.00 bits per heavy atom. The van der Waals surface area contributed by atoms with E-state index in [1.165, 1.54) is 19.3 Å². The van der Waals surface area contributed by atoms with Gasteiger partial charge >= 0.3 is 0 Å². The van der Waals surface area contributed by atoms with Crippen molar-refractivity contribution in [2.24, 2.45) is 5.92 Å². The second kappa shape index (κ2) is 8.13. The van der Waals surface area contributed by atoms with Crippen molar-refractivity contribution in [3.8, 4) is 0 Å². The number of hydrogen-bond acceptors (Lipinski definition) is 3.